The molecule has 2 aromatic carbocycles. The molecule has 0 unspecified atom stereocenters. The van der Waals surface area contributed by atoms with Gasteiger partial charge in [0, 0.05) is 54.0 Å². The van der Waals surface area contributed by atoms with E-state index in [4.69, 9.17) is 31.4 Å². The molecule has 1 saturated heterocycles. The minimum atomic E-state index is -1.14. The minimum Gasteiger partial charge on any atom is -0.445 e. The zero-order valence-corrected chi connectivity index (χ0v) is 58.4. The summed E-state index contributed by atoms with van der Waals surface area (Å²) in [6, 6.07) is 7.31. The highest BCUT2D eigenvalue weighted by Crippen LogP contribution is 2.30. The number of benzene rings is 2. The smallest absolute Gasteiger partial charge is 0.410 e. The van der Waals surface area contributed by atoms with Gasteiger partial charge < -0.3 is 83.5 Å². The van der Waals surface area contributed by atoms with Crippen molar-refractivity contribution in [2.24, 2.45) is 45.9 Å². The van der Waals surface area contributed by atoms with Gasteiger partial charge in [0.2, 0.25) is 53.2 Å². The Bertz CT molecular complexity index is 2840. The van der Waals surface area contributed by atoms with Gasteiger partial charge in [0.25, 0.3) is 0 Å². The summed E-state index contributed by atoms with van der Waals surface area (Å²) in [6.45, 7) is 19.4. The number of aliphatic hydroxyl groups excluding tert-OH is 1. The monoisotopic (exact) mass is 1330 g/mol. The molecule has 10 amide bonds. The number of nitrogens with zero attached hydrogens (tertiary/aromatic N) is 4. The number of aliphatic imine (C=N–C) groups is 1. The van der Waals surface area contributed by atoms with Crippen molar-refractivity contribution < 1.29 is 67.3 Å². The third kappa shape index (κ3) is 25.3. The number of carbonyl (C=O) groups excluding carboxylic acids is 10. The number of anilines is 1. The van der Waals surface area contributed by atoms with Gasteiger partial charge in [-0.2, -0.15) is 0 Å². The van der Waals surface area contributed by atoms with Gasteiger partial charge in [-0.3, -0.25) is 53.0 Å². The molecule has 2 aromatic rings. The molecule has 28 nitrogen and oxygen atoms in total. The minimum absolute atomic E-state index is 0.0904. The van der Waals surface area contributed by atoms with Crippen LogP contribution in [0.15, 0.2) is 59.6 Å². The molecule has 1 aliphatic heterocycles. The predicted molar refractivity (Wildman–Crippen MR) is 361 cm³/mol. The highest BCUT2D eigenvalue weighted by atomic mass is 16.6. The average molecular weight is 1340 g/mol. The molecular formula is C67H110N14O14. The van der Waals surface area contributed by atoms with Gasteiger partial charge in [-0.15, -0.1) is 0 Å². The van der Waals surface area contributed by atoms with Crippen molar-refractivity contribution in [1.29, 1.82) is 0 Å². The number of nitrogens with two attached hydrogens (primary N) is 3. The molecule has 28 heteroatoms. The largest absolute Gasteiger partial charge is 0.445 e. The quantitative estimate of drug-likeness (QED) is 0.0260. The Kier molecular flexibility index (Phi) is 34.6. The predicted octanol–water partition coefficient (Wildman–Crippen LogP) is 2.70. The summed E-state index contributed by atoms with van der Waals surface area (Å²) in [7, 11) is 6.08. The summed E-state index contributed by atoms with van der Waals surface area (Å²) in [5, 5.41) is 30.0. The third-order valence-corrected chi connectivity index (χ3v) is 17.4. The van der Waals surface area contributed by atoms with E-state index >= 15 is 0 Å². The first-order valence-electron chi connectivity index (χ1n) is 33.0. The van der Waals surface area contributed by atoms with Gasteiger partial charge in [0.1, 0.15) is 42.9 Å². The lowest BCUT2D eigenvalue weighted by atomic mass is 9.89. The van der Waals surface area contributed by atoms with Gasteiger partial charge in [0.05, 0.1) is 48.8 Å². The molecule has 1 aliphatic rings. The van der Waals surface area contributed by atoms with Crippen LogP contribution >= 0.6 is 0 Å². The van der Waals surface area contributed by atoms with E-state index in [0.717, 1.165) is 0 Å². The Morgan fingerprint density at radius 2 is 1.29 bits per heavy atom. The number of rotatable bonds is 39. The van der Waals surface area contributed by atoms with E-state index in [1.165, 1.54) is 46.9 Å². The van der Waals surface area contributed by atoms with E-state index in [0.29, 0.717) is 68.4 Å². The van der Waals surface area contributed by atoms with Crippen LogP contribution in [0.5, 0.6) is 0 Å². The van der Waals surface area contributed by atoms with Crippen molar-refractivity contribution in [3.63, 3.8) is 0 Å². The average Bonchev–Trinajstić information content (AvgIpc) is 1.81. The third-order valence-electron chi connectivity index (χ3n) is 17.4. The highest BCUT2D eigenvalue weighted by Gasteiger charge is 2.44. The fourth-order valence-electron chi connectivity index (χ4n) is 11.7. The lowest BCUT2D eigenvalue weighted by molar-refractivity contribution is -0.148. The van der Waals surface area contributed by atoms with E-state index in [2.05, 4.69) is 42.2 Å². The number of ether oxygens (including phenoxy) is 3. The number of unbranched alkanes of at least 4 members (excludes halogenated alkanes) is 1. The molecule has 0 aliphatic carbocycles. The van der Waals surface area contributed by atoms with Crippen molar-refractivity contribution in [3.05, 3.63) is 65.7 Å². The zero-order valence-electron chi connectivity index (χ0n) is 58.4. The van der Waals surface area contributed by atoms with Gasteiger partial charge in [0.15, 0.2) is 5.96 Å². The molecular weight excluding hydrogens is 1220 g/mol. The van der Waals surface area contributed by atoms with Gasteiger partial charge in [-0.1, -0.05) is 97.4 Å². The van der Waals surface area contributed by atoms with Crippen LogP contribution in [0.1, 0.15) is 151 Å². The normalized spacial score (nSPS) is 17.1. The summed E-state index contributed by atoms with van der Waals surface area (Å²) in [6.07, 6.45) is 0.336. The molecule has 14 N–H and O–H groups in total. The second kappa shape index (κ2) is 40.4. The maximum Gasteiger partial charge on any atom is 0.410 e. The Labute approximate surface area is 560 Å². The van der Waals surface area contributed by atoms with Crippen LogP contribution in [0.25, 0.3) is 0 Å². The molecule has 0 bridgehead atoms. The maximum atomic E-state index is 14.8. The SMILES string of the molecule is CC[C@H](C)[C@@H]([C@@H](CC(=O)N1CCC[C@H]1[C@H](OC)[C@@H](C)C(=O)N[C@H](C)[C@@H](O)c1ccccc1)OC)N(C)C(=O)[C@@H](NC(=O)[C@H](C(C)C)N(C)C(=O)OCc1ccc(NC(=O)[C@H](C)NC(=O)[C@H](C)NC(=O)[C@H](CCCCN)NC(=O)[C@H](CCCN=C(N)N)NC(C)=O)cc1)C(C)C. The topological polar surface area (TPSA) is 403 Å². The van der Waals surface area contributed by atoms with E-state index in [-0.39, 0.29) is 56.1 Å². The second-order valence-electron chi connectivity index (χ2n) is 25.5. The van der Waals surface area contributed by atoms with Crippen molar-refractivity contribution in [2.75, 3.05) is 53.3 Å². The van der Waals surface area contributed by atoms with Gasteiger partial charge >= 0.3 is 6.09 Å². The van der Waals surface area contributed by atoms with Gasteiger partial charge in [-0.25, -0.2) is 4.79 Å². The molecule has 14 atom stereocenters. The van der Waals surface area contributed by atoms with Crippen LogP contribution < -0.4 is 54.4 Å². The van der Waals surface area contributed by atoms with Crippen molar-refractivity contribution in [1.82, 2.24) is 46.6 Å². The Morgan fingerprint density at radius 1 is 0.695 bits per heavy atom. The molecule has 95 heavy (non-hydrogen) atoms. The molecule has 532 valence electrons. The fraction of sp³-hybridized carbons (Fsp3) is 0.657. The summed E-state index contributed by atoms with van der Waals surface area (Å²) >= 11 is 0. The first kappa shape index (κ1) is 81.3. The number of aliphatic hydroxyl groups is 1. The molecule has 3 rings (SSSR count). The zero-order chi connectivity index (χ0) is 71.4. The second-order valence-corrected chi connectivity index (χ2v) is 25.5. The number of likely N-dealkylation sites (N-methyl/N-ethyl adjacent to an activating group) is 2. The Hall–Kier alpha value is -7.95. The highest BCUT2D eigenvalue weighted by molar-refractivity contribution is 5.99. The van der Waals surface area contributed by atoms with Crippen LogP contribution in [0.4, 0.5) is 10.5 Å². The number of amides is 10. The molecule has 0 aromatic heterocycles. The van der Waals surface area contributed by atoms with Crippen LogP contribution in [0, 0.1) is 23.7 Å². The lowest BCUT2D eigenvalue weighted by Crippen LogP contribution is -2.60. The van der Waals surface area contributed by atoms with E-state index in [1.54, 1.807) is 94.8 Å². The molecule has 0 spiro atoms. The number of hydrogen-bond acceptors (Lipinski definition) is 16. The summed E-state index contributed by atoms with van der Waals surface area (Å²) in [5.74, 6) is -6.44. The number of hydrogen-bond donors (Lipinski definition) is 11. The maximum absolute atomic E-state index is 14.8. The Balaban J connectivity index is 1.63. The fourth-order valence-corrected chi connectivity index (χ4v) is 11.7. The Morgan fingerprint density at radius 3 is 1.86 bits per heavy atom. The van der Waals surface area contributed by atoms with E-state index in [1.807, 2.05) is 32.0 Å². The molecule has 1 heterocycles. The molecule has 0 saturated carbocycles. The van der Waals surface area contributed by atoms with Gasteiger partial charge in [-0.05, 0) is 113 Å². The lowest BCUT2D eigenvalue weighted by Gasteiger charge is -2.41. The van der Waals surface area contributed by atoms with Crippen molar-refractivity contribution in [3.8, 4) is 0 Å². The number of nitrogens with one attached hydrogen (secondary N) is 7. The van der Waals surface area contributed by atoms with Crippen molar-refractivity contribution in [2.45, 2.75) is 213 Å². The standard InChI is InChI=1S/C67H110N14O14/c1-16-40(6)56(52(93-14)36-53(83)81-35-23-28-51(81)58(94-15)41(7)59(85)72-42(8)57(84)47-24-18-17-19-25-47)79(12)65(91)54(38(2)3)78-64(90)55(39(4)5)80(13)67(92)95-37-46-29-31-48(32-30-46)76-61(87)44(10)73-60(86)43(9)74-62(88)50(26-20-21-33-68)77-63(89)49(75-45(11)82)27-22-34-71-66(69)70/h17-19,24-25,29-32,38-44,49-52,54-58,84H,16,20-23,26-28,33-37,68H2,1-15H3,(H,72,85)(H,73,86)(H,74,88)(H,75,82)(H,76,87)(H,77,89)(H,78,90)(H4,69,70,71)/t40-,41+,42+,43-,44-,49-,50-,51-,52+,54-,55-,56-,57+,58+/m0/s1. The summed E-state index contributed by atoms with van der Waals surface area (Å²) in [5.41, 5.74) is 18.0. The molecule has 0 radical (unpaired) electrons. The van der Waals surface area contributed by atoms with Crippen LogP contribution in [0.3, 0.4) is 0 Å². The van der Waals surface area contributed by atoms with Crippen molar-refractivity contribution >= 4 is 70.9 Å². The first-order chi connectivity index (χ1) is 44.8. The summed E-state index contributed by atoms with van der Waals surface area (Å²) < 4.78 is 17.7. The van der Waals surface area contributed by atoms with E-state index < -0.39 is 138 Å². The summed E-state index contributed by atoms with van der Waals surface area (Å²) in [4.78, 5) is 145. The number of carbonyl (C=O) groups is 10. The van der Waals surface area contributed by atoms with Crippen LogP contribution in [0.2, 0.25) is 0 Å². The number of methoxy groups -OCH3 is 2. The van der Waals surface area contributed by atoms with Crippen LogP contribution in [-0.4, -0.2) is 200 Å². The molecule has 1 fully saturated rings. The van der Waals surface area contributed by atoms with E-state index in [9.17, 15) is 53.1 Å². The number of likely N-dealkylation sites (tertiary alicyclic amines) is 1. The number of guanidine groups is 1. The van der Waals surface area contributed by atoms with Crippen LogP contribution in [-0.2, 0) is 64.0 Å². The first-order valence-corrected chi connectivity index (χ1v) is 33.0.